The fraction of sp³-hybridized carbons (Fsp3) is 0.316. The highest BCUT2D eigenvalue weighted by atomic mass is 16.1. The third-order valence-corrected chi connectivity index (χ3v) is 2.67. The van der Waals surface area contributed by atoms with E-state index in [1.807, 2.05) is 50.2 Å². The second-order valence-corrected chi connectivity index (χ2v) is 4.56. The van der Waals surface area contributed by atoms with E-state index in [4.69, 9.17) is 0 Å². The molecule has 0 unspecified atom stereocenters. The molecule has 0 aromatic heterocycles. The molecule has 108 valence electrons. The maximum atomic E-state index is 10.2. The average molecular weight is 270 g/mol. The number of aryl methyl sites for hydroxylation is 2. The predicted octanol–water partition coefficient (Wildman–Crippen LogP) is 5.37. The Morgan fingerprint density at radius 3 is 1.10 bits per heavy atom. The Bertz CT molecular complexity index is 402. The van der Waals surface area contributed by atoms with Crippen molar-refractivity contribution in [2.45, 2.75) is 40.5 Å². The Kier molecular flexibility index (Phi) is 11.0. The third-order valence-electron chi connectivity index (χ3n) is 2.67. The van der Waals surface area contributed by atoms with E-state index >= 15 is 0 Å². The van der Waals surface area contributed by atoms with Crippen molar-refractivity contribution in [2.24, 2.45) is 0 Å². The monoisotopic (exact) mass is 270 g/mol. The van der Waals surface area contributed by atoms with Gasteiger partial charge in [-0.05, 0) is 13.8 Å². The predicted molar refractivity (Wildman–Crippen MR) is 87.9 cm³/mol. The number of carbonyl (C=O) groups excluding carboxylic acids is 1. The van der Waals surface area contributed by atoms with E-state index in [0.29, 0.717) is 18.6 Å². The standard InChI is InChI=1S/2C7H8.C5H10O/c2*1-7-5-3-2-4-6-7;1-3-5(6)4-2/h2*2-6H,1H3;3-4H2,1-2H3. The second-order valence-electron chi connectivity index (χ2n) is 4.56. The second kappa shape index (κ2) is 12.2. The van der Waals surface area contributed by atoms with Gasteiger partial charge in [0.15, 0.2) is 0 Å². The van der Waals surface area contributed by atoms with Crippen molar-refractivity contribution in [3.63, 3.8) is 0 Å². The summed E-state index contributed by atoms with van der Waals surface area (Å²) in [5, 5.41) is 0. The Labute approximate surface area is 123 Å². The van der Waals surface area contributed by atoms with Gasteiger partial charge < -0.3 is 0 Å². The minimum atomic E-state index is 0.343. The van der Waals surface area contributed by atoms with Gasteiger partial charge in [-0.2, -0.15) is 0 Å². The molecule has 0 spiro atoms. The molecule has 0 radical (unpaired) electrons. The lowest BCUT2D eigenvalue weighted by molar-refractivity contribution is -0.118. The van der Waals surface area contributed by atoms with E-state index < -0.39 is 0 Å². The highest BCUT2D eigenvalue weighted by molar-refractivity contribution is 5.77. The molecule has 2 aromatic rings. The molecule has 0 bridgehead atoms. The van der Waals surface area contributed by atoms with Crippen molar-refractivity contribution in [3.8, 4) is 0 Å². The zero-order chi connectivity index (χ0) is 15.2. The third kappa shape index (κ3) is 11.2. The zero-order valence-electron chi connectivity index (χ0n) is 13.1. The van der Waals surface area contributed by atoms with Crippen LogP contribution in [-0.2, 0) is 4.79 Å². The minimum absolute atomic E-state index is 0.343. The maximum Gasteiger partial charge on any atom is 0.132 e. The zero-order valence-corrected chi connectivity index (χ0v) is 13.1. The van der Waals surface area contributed by atoms with Crippen molar-refractivity contribution in [3.05, 3.63) is 71.8 Å². The quantitative estimate of drug-likeness (QED) is 0.717. The van der Waals surface area contributed by atoms with E-state index in [0.717, 1.165) is 0 Å². The number of benzene rings is 2. The fourth-order valence-electron chi connectivity index (χ4n) is 1.32. The minimum Gasteiger partial charge on any atom is -0.300 e. The van der Waals surface area contributed by atoms with Gasteiger partial charge in [-0.3, -0.25) is 4.79 Å². The van der Waals surface area contributed by atoms with Crippen LogP contribution >= 0.6 is 0 Å². The highest BCUT2D eigenvalue weighted by Crippen LogP contribution is 1.92. The van der Waals surface area contributed by atoms with E-state index in [9.17, 15) is 4.79 Å². The van der Waals surface area contributed by atoms with Crippen LogP contribution in [-0.4, -0.2) is 5.78 Å². The largest absolute Gasteiger partial charge is 0.300 e. The lowest BCUT2D eigenvalue weighted by atomic mass is 10.2. The summed E-state index contributed by atoms with van der Waals surface area (Å²) in [6.45, 7) is 7.93. The lowest BCUT2D eigenvalue weighted by Crippen LogP contribution is -1.88. The van der Waals surface area contributed by atoms with E-state index in [-0.39, 0.29) is 0 Å². The van der Waals surface area contributed by atoms with Gasteiger partial charge in [-0.15, -0.1) is 0 Å². The van der Waals surface area contributed by atoms with Gasteiger partial charge in [-0.25, -0.2) is 0 Å². The van der Waals surface area contributed by atoms with Crippen LogP contribution in [0, 0.1) is 13.8 Å². The number of ketones is 1. The first kappa shape index (κ1) is 18.1. The van der Waals surface area contributed by atoms with Crippen LogP contribution in [0.3, 0.4) is 0 Å². The first-order valence-corrected chi connectivity index (χ1v) is 7.15. The van der Waals surface area contributed by atoms with Crippen molar-refractivity contribution in [1.29, 1.82) is 0 Å². The van der Waals surface area contributed by atoms with Gasteiger partial charge in [0, 0.05) is 12.8 Å². The summed E-state index contributed by atoms with van der Waals surface area (Å²) in [5.41, 5.74) is 2.64. The van der Waals surface area contributed by atoms with Crippen LogP contribution in [0.1, 0.15) is 37.8 Å². The van der Waals surface area contributed by atoms with Crippen LogP contribution in [0.5, 0.6) is 0 Å². The number of hydrogen-bond acceptors (Lipinski definition) is 1. The van der Waals surface area contributed by atoms with Crippen LogP contribution in [0.4, 0.5) is 0 Å². The van der Waals surface area contributed by atoms with Gasteiger partial charge in [0.1, 0.15) is 5.78 Å². The topological polar surface area (TPSA) is 17.1 Å². The van der Waals surface area contributed by atoms with E-state index in [2.05, 4.69) is 38.1 Å². The molecule has 0 heterocycles. The van der Waals surface area contributed by atoms with E-state index in [1.54, 1.807) is 0 Å². The Balaban J connectivity index is 0.000000272. The molecule has 0 saturated heterocycles. The van der Waals surface area contributed by atoms with Crippen molar-refractivity contribution >= 4 is 5.78 Å². The molecule has 0 atom stereocenters. The summed E-state index contributed by atoms with van der Waals surface area (Å²) >= 11 is 0. The molecule has 2 rings (SSSR count). The number of hydrogen-bond donors (Lipinski definition) is 0. The maximum absolute atomic E-state index is 10.2. The molecule has 0 amide bonds. The SMILES string of the molecule is CCC(=O)CC.Cc1ccccc1.Cc1ccccc1. The summed E-state index contributed by atoms with van der Waals surface area (Å²) < 4.78 is 0. The molecule has 0 aliphatic carbocycles. The molecule has 2 aromatic carbocycles. The van der Waals surface area contributed by atoms with Gasteiger partial charge in [0.05, 0.1) is 0 Å². The Hall–Kier alpha value is -1.89. The molecule has 1 heteroatoms. The molecule has 0 aliphatic heterocycles. The van der Waals surface area contributed by atoms with E-state index in [1.165, 1.54) is 11.1 Å². The molecule has 0 N–H and O–H groups in total. The number of rotatable bonds is 2. The first-order valence-electron chi connectivity index (χ1n) is 7.15. The highest BCUT2D eigenvalue weighted by Gasteiger charge is 1.86. The molecular weight excluding hydrogens is 244 g/mol. The van der Waals surface area contributed by atoms with Gasteiger partial charge in [0.2, 0.25) is 0 Å². The molecule has 0 fully saturated rings. The van der Waals surface area contributed by atoms with Crippen LogP contribution < -0.4 is 0 Å². The van der Waals surface area contributed by atoms with Crippen molar-refractivity contribution in [1.82, 2.24) is 0 Å². The molecular formula is C19H26O. The average Bonchev–Trinajstić information content (AvgIpc) is 2.49. The summed E-state index contributed by atoms with van der Waals surface area (Å²) in [6.07, 6.45) is 1.38. The summed E-state index contributed by atoms with van der Waals surface area (Å²) in [4.78, 5) is 10.2. The van der Waals surface area contributed by atoms with Gasteiger partial charge in [-0.1, -0.05) is 85.6 Å². The molecule has 1 nitrogen and oxygen atoms in total. The summed E-state index contributed by atoms with van der Waals surface area (Å²) in [6, 6.07) is 20.5. The Morgan fingerprint density at radius 1 is 0.700 bits per heavy atom. The van der Waals surface area contributed by atoms with Crippen LogP contribution in [0.25, 0.3) is 0 Å². The van der Waals surface area contributed by atoms with Crippen LogP contribution in [0.2, 0.25) is 0 Å². The summed E-state index contributed by atoms with van der Waals surface area (Å²) in [5.74, 6) is 0.343. The molecule has 0 saturated carbocycles. The fourth-order valence-corrected chi connectivity index (χ4v) is 1.32. The van der Waals surface area contributed by atoms with Gasteiger partial charge >= 0.3 is 0 Å². The smallest absolute Gasteiger partial charge is 0.132 e. The van der Waals surface area contributed by atoms with Crippen molar-refractivity contribution in [2.75, 3.05) is 0 Å². The summed E-state index contributed by atoms with van der Waals surface area (Å²) in [7, 11) is 0. The van der Waals surface area contributed by atoms with Gasteiger partial charge in [0.25, 0.3) is 0 Å². The lowest BCUT2D eigenvalue weighted by Gasteiger charge is -1.82. The number of carbonyl (C=O) groups is 1. The normalized spacial score (nSPS) is 8.60. The Morgan fingerprint density at radius 2 is 1.00 bits per heavy atom. The molecule has 0 aliphatic rings. The first-order chi connectivity index (χ1) is 9.60. The van der Waals surface area contributed by atoms with Crippen LogP contribution in [0.15, 0.2) is 60.7 Å². The van der Waals surface area contributed by atoms with Crippen molar-refractivity contribution < 1.29 is 4.79 Å². The molecule has 20 heavy (non-hydrogen) atoms. The number of Topliss-reactive ketones (excluding diaryl/α,β-unsaturated/α-hetero) is 1.